The molecule has 0 atom stereocenters. The Morgan fingerprint density at radius 3 is 2.86 bits per heavy atom. The van der Waals surface area contributed by atoms with Crippen LogP contribution in [0.2, 0.25) is 0 Å². The summed E-state index contributed by atoms with van der Waals surface area (Å²) in [5.41, 5.74) is 1.58. The molecule has 0 aliphatic heterocycles. The number of hydrogen-bond acceptors (Lipinski definition) is 2. The minimum absolute atomic E-state index is 0.131. The van der Waals surface area contributed by atoms with Crippen LogP contribution in [-0.2, 0) is 17.8 Å². The standard InChI is InChI=1S/C16H21FN2O2/c1-2-3-4-10-19-14-9-8-12(17)11-13(14)18-15(19)6-5-7-16(20)21/h8-9,11H,2-7,10H2,1H3,(H,20,21). The number of fused-ring (bicyclic) bond motifs is 1. The lowest BCUT2D eigenvalue weighted by atomic mass is 10.2. The number of aliphatic carboxylic acids is 1. The number of carboxylic acids is 1. The van der Waals surface area contributed by atoms with E-state index in [1.165, 1.54) is 12.1 Å². The summed E-state index contributed by atoms with van der Waals surface area (Å²) in [6, 6.07) is 4.64. The molecular weight excluding hydrogens is 271 g/mol. The predicted octanol–water partition coefficient (Wildman–Crippen LogP) is 3.77. The second-order valence-electron chi connectivity index (χ2n) is 5.27. The Hall–Kier alpha value is -1.91. The van der Waals surface area contributed by atoms with Crippen molar-refractivity contribution in [1.29, 1.82) is 0 Å². The van der Waals surface area contributed by atoms with E-state index in [1.807, 2.05) is 0 Å². The summed E-state index contributed by atoms with van der Waals surface area (Å²) < 4.78 is 15.4. The van der Waals surface area contributed by atoms with Gasteiger partial charge in [-0.05, 0) is 25.0 Å². The van der Waals surface area contributed by atoms with Crippen LogP contribution in [0.5, 0.6) is 0 Å². The average Bonchev–Trinajstić information content (AvgIpc) is 2.76. The third-order valence-electron chi connectivity index (χ3n) is 3.57. The topological polar surface area (TPSA) is 55.1 Å². The zero-order chi connectivity index (χ0) is 15.2. The summed E-state index contributed by atoms with van der Waals surface area (Å²) in [7, 11) is 0. The number of hydrogen-bond donors (Lipinski definition) is 1. The second kappa shape index (κ2) is 7.20. The highest BCUT2D eigenvalue weighted by atomic mass is 19.1. The number of imidazole rings is 1. The maximum Gasteiger partial charge on any atom is 0.303 e. The van der Waals surface area contributed by atoms with Gasteiger partial charge >= 0.3 is 5.97 Å². The van der Waals surface area contributed by atoms with E-state index in [4.69, 9.17) is 5.11 Å². The minimum atomic E-state index is -0.797. The van der Waals surface area contributed by atoms with Gasteiger partial charge < -0.3 is 9.67 Å². The van der Waals surface area contributed by atoms with E-state index in [1.54, 1.807) is 6.07 Å². The third-order valence-corrected chi connectivity index (χ3v) is 3.57. The van der Waals surface area contributed by atoms with Gasteiger partial charge in [0.15, 0.2) is 0 Å². The van der Waals surface area contributed by atoms with Crippen LogP contribution in [-0.4, -0.2) is 20.6 Å². The highest BCUT2D eigenvalue weighted by Crippen LogP contribution is 2.20. The molecule has 0 aliphatic carbocycles. The number of unbranched alkanes of at least 4 members (excludes halogenated alkanes) is 2. The molecular formula is C16H21FN2O2. The van der Waals surface area contributed by atoms with Gasteiger partial charge in [-0.25, -0.2) is 9.37 Å². The number of benzene rings is 1. The zero-order valence-corrected chi connectivity index (χ0v) is 12.3. The first kappa shape index (κ1) is 15.5. The van der Waals surface area contributed by atoms with E-state index < -0.39 is 5.97 Å². The lowest BCUT2D eigenvalue weighted by molar-refractivity contribution is -0.137. The van der Waals surface area contributed by atoms with Crippen molar-refractivity contribution in [2.24, 2.45) is 0 Å². The van der Waals surface area contributed by atoms with Crippen molar-refractivity contribution in [1.82, 2.24) is 9.55 Å². The highest BCUT2D eigenvalue weighted by molar-refractivity contribution is 5.76. The summed E-state index contributed by atoms with van der Waals surface area (Å²) >= 11 is 0. The van der Waals surface area contributed by atoms with Crippen molar-refractivity contribution in [3.8, 4) is 0 Å². The number of nitrogens with zero attached hydrogens (tertiary/aromatic N) is 2. The lowest BCUT2D eigenvalue weighted by Crippen LogP contribution is -2.05. The fourth-order valence-electron chi connectivity index (χ4n) is 2.51. The molecule has 0 fully saturated rings. The molecule has 4 nitrogen and oxygen atoms in total. The van der Waals surface area contributed by atoms with E-state index >= 15 is 0 Å². The molecule has 0 spiro atoms. The number of carboxylic acid groups (broad SMARTS) is 1. The molecule has 1 aromatic heterocycles. The third kappa shape index (κ3) is 4.03. The summed E-state index contributed by atoms with van der Waals surface area (Å²) in [5, 5.41) is 8.73. The molecule has 0 unspecified atom stereocenters. The highest BCUT2D eigenvalue weighted by Gasteiger charge is 2.11. The quantitative estimate of drug-likeness (QED) is 0.753. The van der Waals surface area contributed by atoms with Gasteiger partial charge in [0.2, 0.25) is 0 Å². The molecule has 2 rings (SSSR count). The van der Waals surface area contributed by atoms with Crippen LogP contribution in [0.1, 0.15) is 44.9 Å². The number of aryl methyl sites for hydroxylation is 2. The predicted molar refractivity (Wildman–Crippen MR) is 79.8 cm³/mol. The first-order valence-electron chi connectivity index (χ1n) is 7.48. The van der Waals surface area contributed by atoms with Gasteiger partial charge in [-0.1, -0.05) is 19.8 Å². The summed E-state index contributed by atoms with van der Waals surface area (Å²) in [6.07, 6.45) is 4.60. The normalized spacial score (nSPS) is 11.1. The smallest absolute Gasteiger partial charge is 0.303 e. The van der Waals surface area contributed by atoms with Crippen LogP contribution in [0.3, 0.4) is 0 Å². The molecule has 21 heavy (non-hydrogen) atoms. The van der Waals surface area contributed by atoms with E-state index in [2.05, 4.69) is 16.5 Å². The molecule has 0 amide bonds. The van der Waals surface area contributed by atoms with Gasteiger partial charge in [0.1, 0.15) is 11.6 Å². The van der Waals surface area contributed by atoms with Crippen molar-refractivity contribution in [3.63, 3.8) is 0 Å². The van der Waals surface area contributed by atoms with Crippen LogP contribution < -0.4 is 0 Å². The number of rotatable bonds is 8. The molecule has 0 bridgehead atoms. The van der Waals surface area contributed by atoms with Crippen LogP contribution >= 0.6 is 0 Å². The lowest BCUT2D eigenvalue weighted by Gasteiger charge is -2.08. The van der Waals surface area contributed by atoms with Gasteiger partial charge in [-0.15, -0.1) is 0 Å². The largest absolute Gasteiger partial charge is 0.481 e. The van der Waals surface area contributed by atoms with Crippen molar-refractivity contribution >= 4 is 17.0 Å². The molecule has 0 saturated carbocycles. The molecule has 0 radical (unpaired) electrons. The monoisotopic (exact) mass is 292 g/mol. The Labute approximate surface area is 123 Å². The molecule has 2 aromatic rings. The molecule has 1 aromatic carbocycles. The van der Waals surface area contributed by atoms with Gasteiger partial charge in [0.05, 0.1) is 11.0 Å². The van der Waals surface area contributed by atoms with Gasteiger partial charge in [0, 0.05) is 25.5 Å². The van der Waals surface area contributed by atoms with Crippen LogP contribution in [0.4, 0.5) is 4.39 Å². The Balaban J connectivity index is 2.23. The Morgan fingerprint density at radius 2 is 2.14 bits per heavy atom. The Kier molecular flexibility index (Phi) is 5.31. The minimum Gasteiger partial charge on any atom is -0.481 e. The van der Waals surface area contributed by atoms with Gasteiger partial charge in [-0.3, -0.25) is 4.79 Å². The van der Waals surface area contributed by atoms with Crippen molar-refractivity contribution in [2.75, 3.05) is 0 Å². The fraction of sp³-hybridized carbons (Fsp3) is 0.500. The van der Waals surface area contributed by atoms with Crippen molar-refractivity contribution in [3.05, 3.63) is 29.8 Å². The fourth-order valence-corrected chi connectivity index (χ4v) is 2.51. The number of carbonyl (C=O) groups is 1. The van der Waals surface area contributed by atoms with E-state index in [-0.39, 0.29) is 12.2 Å². The maximum absolute atomic E-state index is 13.3. The summed E-state index contributed by atoms with van der Waals surface area (Å²) in [5.74, 6) is -0.236. The number of halogens is 1. The first-order chi connectivity index (χ1) is 10.1. The molecule has 1 N–H and O–H groups in total. The van der Waals surface area contributed by atoms with Crippen molar-refractivity contribution in [2.45, 2.75) is 52.0 Å². The van der Waals surface area contributed by atoms with Gasteiger partial charge in [0.25, 0.3) is 0 Å². The van der Waals surface area contributed by atoms with Crippen LogP contribution in [0, 0.1) is 5.82 Å². The van der Waals surface area contributed by atoms with Gasteiger partial charge in [-0.2, -0.15) is 0 Å². The molecule has 114 valence electrons. The van der Waals surface area contributed by atoms with Crippen LogP contribution in [0.15, 0.2) is 18.2 Å². The average molecular weight is 292 g/mol. The second-order valence-corrected chi connectivity index (χ2v) is 5.27. The summed E-state index contributed by atoms with van der Waals surface area (Å²) in [6.45, 7) is 2.99. The SMILES string of the molecule is CCCCCn1c(CCCC(=O)O)nc2cc(F)ccc21. The van der Waals surface area contributed by atoms with E-state index in [0.717, 1.165) is 37.1 Å². The maximum atomic E-state index is 13.3. The molecule has 1 heterocycles. The molecule has 0 aliphatic rings. The van der Waals surface area contributed by atoms with Crippen LogP contribution in [0.25, 0.3) is 11.0 Å². The van der Waals surface area contributed by atoms with Crippen molar-refractivity contribution < 1.29 is 14.3 Å². The number of aromatic nitrogens is 2. The zero-order valence-electron chi connectivity index (χ0n) is 12.3. The summed E-state index contributed by atoms with van der Waals surface area (Å²) in [4.78, 5) is 15.1. The Morgan fingerprint density at radius 1 is 1.33 bits per heavy atom. The molecule has 0 saturated heterocycles. The first-order valence-corrected chi connectivity index (χ1v) is 7.48. The van der Waals surface area contributed by atoms with E-state index in [9.17, 15) is 9.18 Å². The Bertz CT molecular complexity index is 622. The molecule has 5 heteroatoms. The van der Waals surface area contributed by atoms with E-state index in [0.29, 0.717) is 18.4 Å².